The van der Waals surface area contributed by atoms with Crippen LogP contribution in [0.4, 0.5) is 23.2 Å². The van der Waals surface area contributed by atoms with Gasteiger partial charge in [0.05, 0.1) is 11.1 Å². The Balaban J connectivity index is 0.841. The molecule has 3 aromatic rings. The average Bonchev–Trinajstić information content (AvgIpc) is 3.88. The van der Waals surface area contributed by atoms with Crippen molar-refractivity contribution < 1.29 is 41.5 Å². The number of alkyl halides is 3. The number of carbonyl (C=O) groups excluding carboxylic acids is 5. The molecule has 344 valence electrons. The predicted octanol–water partition coefficient (Wildman–Crippen LogP) is 6.71. The molecule has 1 spiro atoms. The van der Waals surface area contributed by atoms with E-state index in [1.165, 1.54) is 17.2 Å². The van der Waals surface area contributed by atoms with Crippen LogP contribution in [0, 0.1) is 16.6 Å². The van der Waals surface area contributed by atoms with Crippen molar-refractivity contribution in [1.82, 2.24) is 30.7 Å². The summed E-state index contributed by atoms with van der Waals surface area (Å²) in [5.41, 5.74) is -0.228. The van der Waals surface area contributed by atoms with Gasteiger partial charge in [0.15, 0.2) is 0 Å². The van der Waals surface area contributed by atoms with E-state index in [1.54, 1.807) is 18.2 Å². The largest absolute Gasteiger partial charge is 0.433 e. The van der Waals surface area contributed by atoms with Gasteiger partial charge < -0.3 is 25.8 Å². The third kappa shape index (κ3) is 7.19. The zero-order valence-electron chi connectivity index (χ0n) is 36.5. The van der Waals surface area contributed by atoms with E-state index >= 15 is 4.39 Å². The van der Waals surface area contributed by atoms with Crippen LogP contribution in [0.2, 0.25) is 5.02 Å². The van der Waals surface area contributed by atoms with Gasteiger partial charge in [-0.3, -0.25) is 34.3 Å². The van der Waals surface area contributed by atoms with Gasteiger partial charge in [-0.2, -0.15) is 13.2 Å². The SMILES string of the molecule is CC(C)(C)C[C@@H]1N[C@@H](C(=O)NC23CCC(C(=O)N4CC(c5ccc6c(c5)CN(C5CCC(=O)NC5=O)C6=O)C4)(CC2)CC3)[C@H](c2cccc(Cl)c2F)[C@]12CNc1cc(C(F)(F)F)ncc12. The number of nitrogens with one attached hydrogen (secondary N) is 4. The van der Waals surface area contributed by atoms with Crippen LogP contribution in [0.5, 0.6) is 0 Å². The maximum Gasteiger partial charge on any atom is 0.433 e. The van der Waals surface area contributed by atoms with Crippen molar-refractivity contribution in [2.24, 2.45) is 10.8 Å². The van der Waals surface area contributed by atoms with Crippen LogP contribution in [0.15, 0.2) is 48.7 Å². The molecule has 11 rings (SSSR count). The number of nitrogens with zero attached hydrogens (tertiary/aromatic N) is 3. The second-order valence-electron chi connectivity index (χ2n) is 20.9. The molecule has 2 bridgehead atoms. The van der Waals surface area contributed by atoms with Crippen LogP contribution in [0.3, 0.4) is 0 Å². The van der Waals surface area contributed by atoms with Gasteiger partial charge in [-0.25, -0.2) is 4.39 Å². The fourth-order valence-electron chi connectivity index (χ4n) is 12.4. The Labute approximate surface area is 379 Å². The molecule has 17 heteroatoms. The number of hydrogen-bond acceptors (Lipinski definition) is 8. The Bertz CT molecular complexity index is 2520. The van der Waals surface area contributed by atoms with Gasteiger partial charge in [0, 0.05) is 89.9 Å². The standard InChI is InChI=1S/C48H52ClF4N7O5/c1-44(2,3)19-35-47(24-55-32-18-34(48(51,52)53)54-20-30(32)47)37(29-5-4-6-31(49)38(29)50)39(56-35)41(63)58-46-14-11-45(12-15-46,13-16-46)43(65)59-21-27(22-59)25-7-8-28-26(17-25)23-60(42(28)64)33-9-10-36(61)57-40(33)62/h4-8,17-18,20,27,33,35,37,39,55-56H,9-16,19,21-24H2,1-3H3,(H,58,63)(H,57,61,62)/t33?,35-,37-,39+,45?,46?,47-/m0/s1. The molecule has 3 saturated heterocycles. The fourth-order valence-corrected chi connectivity index (χ4v) is 12.6. The number of aromatic nitrogens is 1. The molecule has 0 radical (unpaired) electrons. The van der Waals surface area contributed by atoms with Crippen molar-refractivity contribution in [3.8, 4) is 0 Å². The summed E-state index contributed by atoms with van der Waals surface area (Å²) < 4.78 is 58.0. The van der Waals surface area contributed by atoms with Gasteiger partial charge in [-0.1, -0.05) is 56.6 Å². The lowest BCUT2D eigenvalue weighted by Gasteiger charge is -2.55. The van der Waals surface area contributed by atoms with Crippen molar-refractivity contribution in [3.05, 3.63) is 93.0 Å². The molecular formula is C48H52ClF4N7O5. The lowest BCUT2D eigenvalue weighted by molar-refractivity contribution is -0.155. The molecule has 5 aliphatic heterocycles. The number of halogens is 5. The highest BCUT2D eigenvalue weighted by molar-refractivity contribution is 6.30. The first-order valence-corrected chi connectivity index (χ1v) is 23.0. The first-order chi connectivity index (χ1) is 30.7. The molecule has 3 aliphatic carbocycles. The monoisotopic (exact) mass is 917 g/mol. The minimum Gasteiger partial charge on any atom is -0.384 e. The quantitative estimate of drug-likeness (QED) is 0.151. The van der Waals surface area contributed by atoms with Crippen molar-refractivity contribution in [2.75, 3.05) is 25.0 Å². The Morgan fingerprint density at radius 1 is 0.985 bits per heavy atom. The second-order valence-corrected chi connectivity index (χ2v) is 21.3. The van der Waals surface area contributed by atoms with E-state index in [4.69, 9.17) is 11.6 Å². The molecule has 4 N–H and O–H groups in total. The van der Waals surface area contributed by atoms with Crippen LogP contribution in [-0.2, 0) is 37.3 Å². The topological polar surface area (TPSA) is 153 Å². The lowest BCUT2D eigenvalue weighted by Crippen LogP contribution is -2.63. The lowest BCUT2D eigenvalue weighted by atomic mass is 9.56. The Hall–Kier alpha value is -5.09. The number of anilines is 1. The highest BCUT2D eigenvalue weighted by Gasteiger charge is 2.63. The van der Waals surface area contributed by atoms with Gasteiger partial charge in [0.2, 0.25) is 23.6 Å². The van der Waals surface area contributed by atoms with E-state index in [1.807, 2.05) is 37.8 Å². The van der Waals surface area contributed by atoms with Crippen LogP contribution in [-0.4, -0.2) is 87.6 Å². The molecule has 1 unspecified atom stereocenters. The van der Waals surface area contributed by atoms with Gasteiger partial charge in [-0.05, 0) is 91.7 Å². The summed E-state index contributed by atoms with van der Waals surface area (Å²) in [6.07, 6.45) is 1.07. The molecular weight excluding hydrogens is 866 g/mol. The van der Waals surface area contributed by atoms with Gasteiger partial charge in [0.25, 0.3) is 5.91 Å². The minimum absolute atomic E-state index is 0.0945. The van der Waals surface area contributed by atoms with Gasteiger partial charge in [-0.15, -0.1) is 0 Å². The normalized spacial score (nSPS) is 30.9. The second kappa shape index (κ2) is 15.2. The minimum atomic E-state index is -4.68. The predicted molar refractivity (Wildman–Crippen MR) is 231 cm³/mol. The number of imide groups is 1. The zero-order valence-corrected chi connectivity index (χ0v) is 37.2. The van der Waals surface area contributed by atoms with Crippen molar-refractivity contribution in [1.29, 1.82) is 0 Å². The maximum atomic E-state index is 16.4. The zero-order chi connectivity index (χ0) is 46.0. The Kier molecular flexibility index (Phi) is 10.3. The molecule has 5 atom stereocenters. The first-order valence-electron chi connectivity index (χ1n) is 22.6. The Morgan fingerprint density at radius 2 is 1.71 bits per heavy atom. The molecule has 6 fully saturated rings. The number of rotatable bonds is 7. The molecule has 65 heavy (non-hydrogen) atoms. The van der Waals surface area contributed by atoms with E-state index in [-0.39, 0.29) is 70.7 Å². The van der Waals surface area contributed by atoms with E-state index in [9.17, 15) is 37.1 Å². The summed E-state index contributed by atoms with van der Waals surface area (Å²) in [6.45, 7) is 7.66. The molecule has 1 aromatic heterocycles. The average molecular weight is 918 g/mol. The summed E-state index contributed by atoms with van der Waals surface area (Å²) in [5.74, 6) is -2.70. The number of hydrogen-bond donors (Lipinski definition) is 4. The summed E-state index contributed by atoms with van der Waals surface area (Å²) in [6, 6.07) is 9.23. The molecule has 5 amide bonds. The molecule has 12 nitrogen and oxygen atoms in total. The molecule has 3 saturated carbocycles. The van der Waals surface area contributed by atoms with E-state index in [2.05, 4.69) is 26.3 Å². The van der Waals surface area contributed by atoms with E-state index < -0.39 is 64.0 Å². The number of fused-ring (bicyclic) bond motifs is 6. The molecule has 2 aromatic carbocycles. The first kappa shape index (κ1) is 43.8. The summed E-state index contributed by atoms with van der Waals surface area (Å²) >= 11 is 6.40. The summed E-state index contributed by atoms with van der Waals surface area (Å²) in [5, 5.41) is 12.4. The van der Waals surface area contributed by atoms with Gasteiger partial charge in [0.1, 0.15) is 17.6 Å². The maximum absolute atomic E-state index is 16.4. The number of benzene rings is 2. The summed E-state index contributed by atoms with van der Waals surface area (Å²) in [7, 11) is 0. The third-order valence-electron chi connectivity index (χ3n) is 15.8. The summed E-state index contributed by atoms with van der Waals surface area (Å²) in [4.78, 5) is 74.0. The fraction of sp³-hybridized carbons (Fsp3) is 0.542. The van der Waals surface area contributed by atoms with Crippen LogP contribution < -0.4 is 21.3 Å². The molecule has 6 heterocycles. The molecule has 8 aliphatic rings. The van der Waals surface area contributed by atoms with E-state index in [0.717, 1.165) is 17.2 Å². The number of carbonyl (C=O) groups is 5. The van der Waals surface area contributed by atoms with E-state index in [0.29, 0.717) is 75.6 Å². The van der Waals surface area contributed by atoms with Gasteiger partial charge >= 0.3 is 6.18 Å². The number of likely N-dealkylation sites (tertiary alicyclic amines) is 1. The van der Waals surface area contributed by atoms with Crippen molar-refractivity contribution >= 4 is 46.8 Å². The van der Waals surface area contributed by atoms with Crippen molar-refractivity contribution in [2.45, 2.75) is 132 Å². The highest BCUT2D eigenvalue weighted by atomic mass is 35.5. The smallest absolute Gasteiger partial charge is 0.384 e. The number of piperidine rings is 1. The van der Waals surface area contributed by atoms with Crippen molar-refractivity contribution in [3.63, 3.8) is 0 Å². The van der Waals surface area contributed by atoms with Crippen LogP contribution >= 0.6 is 11.6 Å². The Morgan fingerprint density at radius 3 is 2.38 bits per heavy atom. The van der Waals surface area contributed by atoms with Crippen LogP contribution in [0.25, 0.3) is 0 Å². The number of amides is 5. The highest BCUT2D eigenvalue weighted by Crippen LogP contribution is 2.58. The third-order valence-corrected chi connectivity index (χ3v) is 16.1. The number of pyridine rings is 1. The van der Waals surface area contributed by atoms with Crippen LogP contribution in [0.1, 0.15) is 129 Å².